The number of nitrogens with zero attached hydrogens (tertiary/aromatic N) is 2. The van der Waals surface area contributed by atoms with E-state index in [9.17, 15) is 4.79 Å². The third-order valence-corrected chi connectivity index (χ3v) is 5.74. The minimum Gasteiger partial charge on any atom is -0.478 e. The van der Waals surface area contributed by atoms with Crippen LogP contribution in [-0.4, -0.2) is 28.4 Å². The third-order valence-electron chi connectivity index (χ3n) is 5.74. The number of hydrogen-bond acceptors (Lipinski definition) is 5. The Morgan fingerprint density at radius 1 is 1.07 bits per heavy atom. The van der Waals surface area contributed by atoms with E-state index in [-0.39, 0.29) is 5.78 Å². The van der Waals surface area contributed by atoms with E-state index in [4.69, 9.17) is 9.47 Å². The molecule has 1 aromatic heterocycles. The molecule has 1 aliphatic carbocycles. The Morgan fingerprint density at radius 2 is 1.89 bits per heavy atom. The van der Waals surface area contributed by atoms with Crippen LogP contribution in [0.25, 0.3) is 6.08 Å². The summed E-state index contributed by atoms with van der Waals surface area (Å²) in [4.78, 5) is 19.2. The van der Waals surface area contributed by atoms with Crippen molar-refractivity contribution in [3.63, 3.8) is 0 Å². The van der Waals surface area contributed by atoms with Gasteiger partial charge in [0.1, 0.15) is 18.2 Å². The summed E-state index contributed by atoms with van der Waals surface area (Å²) < 4.78 is 12.1. The molecule has 1 fully saturated rings. The van der Waals surface area contributed by atoms with E-state index in [0.717, 1.165) is 23.4 Å². The van der Waals surface area contributed by atoms with Crippen molar-refractivity contribution in [2.24, 2.45) is 0 Å². The van der Waals surface area contributed by atoms with Gasteiger partial charge in [-0.2, -0.15) is 0 Å². The number of benzene rings is 1. The maximum Gasteiger partial charge on any atom is 0.231 e. The molecule has 0 spiro atoms. The Balaban J connectivity index is 1.45. The molecule has 0 radical (unpaired) electrons. The van der Waals surface area contributed by atoms with Crippen LogP contribution in [0.5, 0.6) is 11.5 Å². The van der Waals surface area contributed by atoms with Crippen LogP contribution in [0.15, 0.2) is 42.4 Å². The monoisotopic (exact) mass is 362 g/mol. The zero-order valence-corrected chi connectivity index (χ0v) is 15.2. The van der Waals surface area contributed by atoms with Gasteiger partial charge in [0.05, 0.1) is 11.1 Å². The minimum absolute atomic E-state index is 0.0700. The topological polar surface area (TPSA) is 51.7 Å². The highest BCUT2D eigenvalue weighted by Crippen LogP contribution is 2.42. The van der Waals surface area contributed by atoms with Crippen LogP contribution in [-0.2, 0) is 6.54 Å². The van der Waals surface area contributed by atoms with E-state index in [1.807, 2.05) is 24.3 Å². The molecule has 0 bridgehead atoms. The summed E-state index contributed by atoms with van der Waals surface area (Å²) in [6, 6.07) is 8.00. The van der Waals surface area contributed by atoms with Crippen molar-refractivity contribution in [3.05, 3.63) is 59.1 Å². The van der Waals surface area contributed by atoms with Crippen LogP contribution in [0, 0.1) is 0 Å². The number of hydrogen-bond donors (Lipinski definition) is 0. The maximum absolute atomic E-state index is 12.8. The Kier molecular flexibility index (Phi) is 4.17. The largest absolute Gasteiger partial charge is 0.478 e. The van der Waals surface area contributed by atoms with Crippen molar-refractivity contribution in [1.29, 1.82) is 0 Å². The number of carbonyl (C=O) groups is 1. The molecule has 1 saturated carbocycles. The zero-order valence-electron chi connectivity index (χ0n) is 15.2. The van der Waals surface area contributed by atoms with Crippen molar-refractivity contribution >= 4 is 11.9 Å². The lowest BCUT2D eigenvalue weighted by Crippen LogP contribution is -2.41. The molecule has 5 rings (SSSR count). The minimum atomic E-state index is -0.0700. The lowest BCUT2D eigenvalue weighted by Gasteiger charge is -2.37. The lowest BCUT2D eigenvalue weighted by molar-refractivity contribution is 0.0394. The maximum atomic E-state index is 12.8. The average Bonchev–Trinajstić information content (AvgIpc) is 3.05. The number of allylic oxidation sites excluding steroid dienone is 1. The van der Waals surface area contributed by atoms with Gasteiger partial charge in [-0.15, -0.1) is 0 Å². The fourth-order valence-corrected chi connectivity index (χ4v) is 4.27. The fourth-order valence-electron chi connectivity index (χ4n) is 4.27. The number of rotatable bonds is 2. The summed E-state index contributed by atoms with van der Waals surface area (Å²) >= 11 is 0. The van der Waals surface area contributed by atoms with Gasteiger partial charge in [0.2, 0.25) is 5.78 Å². The molecule has 138 valence electrons. The van der Waals surface area contributed by atoms with Gasteiger partial charge in [-0.25, -0.2) is 0 Å². The van der Waals surface area contributed by atoms with Gasteiger partial charge in [0.15, 0.2) is 5.76 Å². The Morgan fingerprint density at radius 3 is 2.70 bits per heavy atom. The predicted molar refractivity (Wildman–Crippen MR) is 102 cm³/mol. The molecule has 0 saturated heterocycles. The molecule has 2 aromatic rings. The highest BCUT2D eigenvalue weighted by Gasteiger charge is 2.35. The van der Waals surface area contributed by atoms with Gasteiger partial charge < -0.3 is 9.47 Å². The first-order chi connectivity index (χ1) is 13.3. The standard InChI is InChI=1S/C22H22N2O3/c25-21-17-6-7-19-18(13-24(14-26-19)16-4-2-1-3-5-16)22(17)27-20(21)12-15-8-10-23-11-9-15/h6-12,16H,1-5,13-14H2/b20-12+. The molecule has 0 amide bonds. The number of ether oxygens (including phenoxy) is 2. The van der Waals surface area contributed by atoms with E-state index >= 15 is 0 Å². The van der Waals surface area contributed by atoms with Gasteiger partial charge in [-0.1, -0.05) is 19.3 Å². The predicted octanol–water partition coefficient (Wildman–Crippen LogP) is 4.18. The van der Waals surface area contributed by atoms with Crippen molar-refractivity contribution in [2.75, 3.05) is 6.73 Å². The normalized spacial score (nSPS) is 21.5. The van der Waals surface area contributed by atoms with Gasteiger partial charge in [0.25, 0.3) is 0 Å². The summed E-state index contributed by atoms with van der Waals surface area (Å²) in [7, 11) is 0. The Labute approximate surface area is 158 Å². The average molecular weight is 362 g/mol. The first-order valence-electron chi connectivity index (χ1n) is 9.66. The zero-order chi connectivity index (χ0) is 18.2. The van der Waals surface area contributed by atoms with Crippen molar-refractivity contribution in [2.45, 2.75) is 44.7 Å². The lowest BCUT2D eigenvalue weighted by atomic mass is 9.93. The Bertz CT molecular complexity index is 901. The van der Waals surface area contributed by atoms with Crippen LogP contribution in [0.2, 0.25) is 0 Å². The van der Waals surface area contributed by atoms with E-state index in [1.54, 1.807) is 18.5 Å². The van der Waals surface area contributed by atoms with Gasteiger partial charge in [-0.05, 0) is 48.7 Å². The summed E-state index contributed by atoms with van der Waals surface area (Å²) in [5.41, 5.74) is 2.52. The SMILES string of the molecule is O=C1/C(=C\c2ccncc2)Oc2c1ccc1c2CN(C2CCCCC2)CO1. The first kappa shape index (κ1) is 16.5. The summed E-state index contributed by atoms with van der Waals surface area (Å²) in [6.07, 6.45) is 11.5. The molecule has 5 nitrogen and oxygen atoms in total. The third kappa shape index (κ3) is 3.02. The van der Waals surface area contributed by atoms with Gasteiger partial charge >= 0.3 is 0 Å². The quantitative estimate of drug-likeness (QED) is 0.750. The van der Waals surface area contributed by atoms with Gasteiger partial charge in [0, 0.05) is 25.0 Å². The van der Waals surface area contributed by atoms with E-state index < -0.39 is 0 Å². The molecule has 0 atom stereocenters. The molecule has 5 heteroatoms. The van der Waals surface area contributed by atoms with Crippen molar-refractivity contribution in [1.82, 2.24) is 9.88 Å². The number of carbonyl (C=O) groups excluding carboxylic acids is 1. The van der Waals surface area contributed by atoms with Crippen LogP contribution < -0.4 is 9.47 Å². The van der Waals surface area contributed by atoms with Crippen molar-refractivity contribution < 1.29 is 14.3 Å². The van der Waals surface area contributed by atoms with E-state index in [1.165, 1.54) is 32.1 Å². The van der Waals surface area contributed by atoms with Gasteiger partial charge in [-0.3, -0.25) is 14.7 Å². The van der Waals surface area contributed by atoms with E-state index in [0.29, 0.717) is 29.8 Å². The molecule has 27 heavy (non-hydrogen) atoms. The summed E-state index contributed by atoms with van der Waals surface area (Å²) in [6.45, 7) is 1.39. The van der Waals surface area contributed by atoms with E-state index in [2.05, 4.69) is 9.88 Å². The second-order valence-corrected chi connectivity index (χ2v) is 7.45. The molecular weight excluding hydrogens is 340 g/mol. The Hall–Kier alpha value is -2.66. The van der Waals surface area contributed by atoms with Crippen LogP contribution >= 0.6 is 0 Å². The molecule has 2 aliphatic heterocycles. The van der Waals surface area contributed by atoms with Crippen molar-refractivity contribution in [3.8, 4) is 11.5 Å². The number of aromatic nitrogens is 1. The smallest absolute Gasteiger partial charge is 0.231 e. The molecule has 3 aliphatic rings. The molecule has 1 aromatic carbocycles. The van der Waals surface area contributed by atoms with Crippen LogP contribution in [0.3, 0.4) is 0 Å². The number of Topliss-reactive ketones (excluding diaryl/α,β-unsaturated/α-hetero) is 1. The molecule has 3 heterocycles. The summed E-state index contributed by atoms with van der Waals surface area (Å²) in [5.74, 6) is 1.79. The molecule has 0 unspecified atom stereocenters. The number of pyridine rings is 1. The van der Waals surface area contributed by atoms with Crippen LogP contribution in [0.1, 0.15) is 53.6 Å². The fraction of sp³-hybridized carbons (Fsp3) is 0.364. The highest BCUT2D eigenvalue weighted by atomic mass is 16.5. The number of fused-ring (bicyclic) bond motifs is 3. The second-order valence-electron chi connectivity index (χ2n) is 7.45. The molecular formula is C22H22N2O3. The summed E-state index contributed by atoms with van der Waals surface area (Å²) in [5, 5.41) is 0. The molecule has 0 N–H and O–H groups in total. The van der Waals surface area contributed by atoms with Crippen LogP contribution in [0.4, 0.5) is 0 Å². The second kappa shape index (κ2) is 6.82. The first-order valence-corrected chi connectivity index (χ1v) is 9.66. The number of ketones is 1. The highest BCUT2D eigenvalue weighted by molar-refractivity contribution is 6.15.